The van der Waals surface area contributed by atoms with Crippen molar-refractivity contribution in [3.05, 3.63) is 35.9 Å². The minimum absolute atomic E-state index is 0.107. The van der Waals surface area contributed by atoms with E-state index in [1.807, 2.05) is 25.1 Å². The molecule has 0 radical (unpaired) electrons. The van der Waals surface area contributed by atoms with Gasteiger partial charge in [0.25, 0.3) is 0 Å². The molecule has 0 amide bonds. The van der Waals surface area contributed by atoms with Gasteiger partial charge in [0.1, 0.15) is 0 Å². The van der Waals surface area contributed by atoms with Crippen molar-refractivity contribution in [3.63, 3.8) is 0 Å². The highest BCUT2D eigenvalue weighted by molar-refractivity contribution is 6.77. The molecule has 142 valence electrons. The lowest BCUT2D eigenvalue weighted by Gasteiger charge is -2.52. The van der Waals surface area contributed by atoms with Gasteiger partial charge in [0.05, 0.1) is 26.4 Å². The summed E-state index contributed by atoms with van der Waals surface area (Å²) in [6.07, 6.45) is -0.445. The highest BCUT2D eigenvalue weighted by atomic mass is 28.3. The Kier molecular flexibility index (Phi) is 6.49. The maximum Gasteiger partial charge on any atom is 0.173 e. The van der Waals surface area contributed by atoms with Gasteiger partial charge in [-0.15, -0.1) is 0 Å². The summed E-state index contributed by atoms with van der Waals surface area (Å²) >= 11 is 0. The molecule has 5 heteroatoms. The smallest absolute Gasteiger partial charge is 0.173 e. The quantitative estimate of drug-likeness (QED) is 0.782. The molecule has 1 aliphatic rings. The van der Waals surface area contributed by atoms with E-state index in [-0.39, 0.29) is 17.9 Å². The number of nitrogens with zero attached hydrogens (tertiary/aromatic N) is 1. The molecule has 0 bridgehead atoms. The Hall–Kier alpha value is -0.723. The topological polar surface area (TPSA) is 41.9 Å². The van der Waals surface area contributed by atoms with Crippen molar-refractivity contribution in [2.75, 3.05) is 13.1 Å². The standard InChI is InChI=1S/C20H35NO3Si/c1-15-13-21(14-16(2)23-15)20(17(3)22,19-11-9-8-10-12-19)24-18(4)25(5,6)7/h8-12,15-18,22H,13-14H2,1-7H3. The van der Waals surface area contributed by atoms with Crippen LogP contribution in [0.4, 0.5) is 0 Å². The number of hydrogen-bond acceptors (Lipinski definition) is 4. The van der Waals surface area contributed by atoms with Gasteiger partial charge in [-0.1, -0.05) is 50.0 Å². The van der Waals surface area contributed by atoms with Crippen LogP contribution in [0.15, 0.2) is 30.3 Å². The van der Waals surface area contributed by atoms with E-state index in [1.165, 1.54) is 0 Å². The van der Waals surface area contributed by atoms with Crippen molar-refractivity contribution < 1.29 is 14.6 Å². The van der Waals surface area contributed by atoms with Crippen LogP contribution in [-0.2, 0) is 15.2 Å². The number of aliphatic hydroxyl groups is 1. The van der Waals surface area contributed by atoms with Crippen molar-refractivity contribution in [2.24, 2.45) is 0 Å². The molecule has 1 aliphatic heterocycles. The highest BCUT2D eigenvalue weighted by Crippen LogP contribution is 2.38. The molecule has 1 fully saturated rings. The van der Waals surface area contributed by atoms with Gasteiger partial charge in [-0.05, 0) is 27.7 Å². The van der Waals surface area contributed by atoms with E-state index in [2.05, 4.69) is 57.4 Å². The summed E-state index contributed by atoms with van der Waals surface area (Å²) in [6, 6.07) is 10.2. The summed E-state index contributed by atoms with van der Waals surface area (Å²) in [6.45, 7) is 16.6. The van der Waals surface area contributed by atoms with Crippen LogP contribution in [0.2, 0.25) is 19.6 Å². The summed E-state index contributed by atoms with van der Waals surface area (Å²) in [4.78, 5) is 2.28. The Morgan fingerprint density at radius 1 is 1.12 bits per heavy atom. The zero-order valence-corrected chi connectivity index (χ0v) is 17.8. The third-order valence-corrected chi connectivity index (χ3v) is 7.78. The molecule has 1 heterocycles. The predicted octanol–water partition coefficient (Wildman–Crippen LogP) is 3.61. The van der Waals surface area contributed by atoms with Crippen molar-refractivity contribution in [1.82, 2.24) is 4.90 Å². The SMILES string of the molecule is CC1CN(C(OC(C)[Si](C)(C)C)(c2ccccc2)C(C)O)CC(C)O1. The van der Waals surface area contributed by atoms with E-state index in [4.69, 9.17) is 9.47 Å². The van der Waals surface area contributed by atoms with Crippen molar-refractivity contribution in [3.8, 4) is 0 Å². The molecular weight excluding hydrogens is 330 g/mol. The number of aliphatic hydroxyl groups excluding tert-OH is 1. The number of hydrogen-bond donors (Lipinski definition) is 1. The number of morpholine rings is 1. The largest absolute Gasteiger partial charge is 0.389 e. The second kappa shape index (κ2) is 7.88. The van der Waals surface area contributed by atoms with E-state index in [9.17, 15) is 5.11 Å². The molecule has 1 aromatic rings. The van der Waals surface area contributed by atoms with Gasteiger partial charge in [0, 0.05) is 24.4 Å². The Bertz CT molecular complexity index is 536. The monoisotopic (exact) mass is 365 g/mol. The Morgan fingerprint density at radius 3 is 2.08 bits per heavy atom. The predicted molar refractivity (Wildman–Crippen MR) is 105 cm³/mol. The lowest BCUT2D eigenvalue weighted by atomic mass is 9.93. The number of rotatable bonds is 6. The van der Waals surface area contributed by atoms with Gasteiger partial charge >= 0.3 is 0 Å². The maximum atomic E-state index is 11.0. The third-order valence-electron chi connectivity index (χ3n) is 5.22. The number of ether oxygens (including phenoxy) is 2. The molecule has 1 N–H and O–H groups in total. The minimum atomic E-state index is -1.54. The van der Waals surface area contributed by atoms with Gasteiger partial charge in [0.2, 0.25) is 0 Å². The Labute approximate surface area is 154 Å². The first kappa shape index (κ1) is 20.6. The van der Waals surface area contributed by atoms with Crippen LogP contribution in [0.1, 0.15) is 33.3 Å². The molecule has 0 spiro atoms. The molecular formula is C20H35NO3Si. The fraction of sp³-hybridized carbons (Fsp3) is 0.700. The van der Waals surface area contributed by atoms with Crippen LogP contribution < -0.4 is 0 Å². The summed E-state index contributed by atoms with van der Waals surface area (Å²) in [7, 11) is -1.54. The van der Waals surface area contributed by atoms with Crippen LogP contribution in [0.3, 0.4) is 0 Å². The molecule has 4 nitrogen and oxygen atoms in total. The van der Waals surface area contributed by atoms with Crippen LogP contribution in [0.5, 0.6) is 0 Å². The van der Waals surface area contributed by atoms with Crippen LogP contribution in [0, 0.1) is 0 Å². The second-order valence-electron chi connectivity index (χ2n) is 8.53. The Balaban J connectivity index is 2.52. The first-order valence-corrected chi connectivity index (χ1v) is 13.0. The first-order valence-electron chi connectivity index (χ1n) is 9.39. The van der Waals surface area contributed by atoms with Crippen molar-refractivity contribution in [1.29, 1.82) is 0 Å². The fourth-order valence-electron chi connectivity index (χ4n) is 3.50. The van der Waals surface area contributed by atoms with Gasteiger partial charge in [-0.25, -0.2) is 0 Å². The van der Waals surface area contributed by atoms with Gasteiger partial charge < -0.3 is 14.6 Å². The molecule has 1 aromatic carbocycles. The van der Waals surface area contributed by atoms with Crippen molar-refractivity contribution in [2.45, 2.75) is 77.1 Å². The third kappa shape index (κ3) is 4.52. The van der Waals surface area contributed by atoms with Gasteiger partial charge in [-0.2, -0.15) is 0 Å². The van der Waals surface area contributed by atoms with E-state index in [0.717, 1.165) is 18.7 Å². The summed E-state index contributed by atoms with van der Waals surface area (Å²) < 4.78 is 12.7. The average molecular weight is 366 g/mol. The zero-order chi connectivity index (χ0) is 18.8. The van der Waals surface area contributed by atoms with Crippen LogP contribution in [-0.4, -0.2) is 55.2 Å². The molecule has 2 rings (SSSR count). The molecule has 0 saturated carbocycles. The molecule has 0 aliphatic carbocycles. The zero-order valence-electron chi connectivity index (χ0n) is 16.8. The van der Waals surface area contributed by atoms with E-state index < -0.39 is 19.9 Å². The summed E-state index contributed by atoms with van der Waals surface area (Å²) in [5, 5.41) is 11.0. The molecule has 1 saturated heterocycles. The summed E-state index contributed by atoms with van der Waals surface area (Å²) in [5.41, 5.74) is 0.264. The molecule has 25 heavy (non-hydrogen) atoms. The van der Waals surface area contributed by atoms with Crippen LogP contribution >= 0.6 is 0 Å². The first-order chi connectivity index (χ1) is 11.6. The second-order valence-corrected chi connectivity index (χ2v) is 14.1. The van der Waals surface area contributed by atoms with Crippen molar-refractivity contribution >= 4 is 8.07 Å². The fourth-order valence-corrected chi connectivity index (χ4v) is 4.03. The van der Waals surface area contributed by atoms with Crippen LogP contribution in [0.25, 0.3) is 0 Å². The lowest BCUT2D eigenvalue weighted by molar-refractivity contribution is -0.254. The number of benzene rings is 1. The molecule has 0 aromatic heterocycles. The minimum Gasteiger partial charge on any atom is -0.389 e. The lowest BCUT2D eigenvalue weighted by Crippen LogP contribution is -2.63. The maximum absolute atomic E-state index is 11.0. The van der Waals surface area contributed by atoms with E-state index in [1.54, 1.807) is 0 Å². The highest BCUT2D eigenvalue weighted by Gasteiger charge is 2.49. The van der Waals surface area contributed by atoms with Gasteiger partial charge in [0.15, 0.2) is 5.72 Å². The van der Waals surface area contributed by atoms with E-state index in [0.29, 0.717) is 0 Å². The molecule has 5 unspecified atom stereocenters. The summed E-state index contributed by atoms with van der Waals surface area (Å²) in [5.74, 6) is 0. The Morgan fingerprint density at radius 2 is 1.64 bits per heavy atom. The normalized spacial score (nSPS) is 27.5. The average Bonchev–Trinajstić information content (AvgIpc) is 2.51. The van der Waals surface area contributed by atoms with E-state index >= 15 is 0 Å². The molecule has 5 atom stereocenters. The van der Waals surface area contributed by atoms with Gasteiger partial charge in [-0.3, -0.25) is 4.90 Å².